The van der Waals surface area contributed by atoms with E-state index in [9.17, 15) is 0 Å². The number of hydrogen-bond donors (Lipinski definition) is 2. The Bertz CT molecular complexity index is 475. The first-order valence-corrected chi connectivity index (χ1v) is 7.63. The first-order valence-electron chi connectivity index (χ1n) is 7.26. The Morgan fingerprint density at radius 3 is 2.85 bits per heavy atom. The lowest BCUT2D eigenvalue weighted by atomic mass is 9.87. The van der Waals surface area contributed by atoms with E-state index in [4.69, 9.17) is 26.9 Å². The van der Waals surface area contributed by atoms with Gasteiger partial charge in [-0.2, -0.15) is 0 Å². The van der Waals surface area contributed by atoms with Crippen LogP contribution in [-0.2, 0) is 17.6 Å². The number of nitrogens with one attached hydrogen (secondary N) is 1. The highest BCUT2D eigenvalue weighted by Gasteiger charge is 2.26. The number of benzene rings is 1. The average molecular weight is 297 g/mol. The predicted octanol–water partition coefficient (Wildman–Crippen LogP) is 2.08. The van der Waals surface area contributed by atoms with E-state index >= 15 is 0 Å². The van der Waals surface area contributed by atoms with Gasteiger partial charge >= 0.3 is 0 Å². The fourth-order valence-electron chi connectivity index (χ4n) is 3.21. The summed E-state index contributed by atoms with van der Waals surface area (Å²) in [7, 11) is 0. The SMILES string of the molecule is NNC(Cc1cc(Cl)cc2c1OCC2)C1CCOCC1. The number of rotatable bonds is 4. The third-order valence-electron chi connectivity index (χ3n) is 4.31. The molecule has 110 valence electrons. The number of halogens is 1. The second kappa shape index (κ2) is 6.31. The molecule has 0 aromatic heterocycles. The quantitative estimate of drug-likeness (QED) is 0.660. The summed E-state index contributed by atoms with van der Waals surface area (Å²) in [4.78, 5) is 0. The molecule has 0 bridgehead atoms. The first-order chi connectivity index (χ1) is 9.78. The van der Waals surface area contributed by atoms with Crippen LogP contribution < -0.4 is 16.0 Å². The minimum Gasteiger partial charge on any atom is -0.493 e. The van der Waals surface area contributed by atoms with Crippen molar-refractivity contribution in [3.05, 3.63) is 28.3 Å². The Kier molecular flexibility index (Phi) is 4.46. The molecule has 0 amide bonds. The number of ether oxygens (including phenoxy) is 2. The summed E-state index contributed by atoms with van der Waals surface area (Å²) in [5.74, 6) is 7.33. The maximum atomic E-state index is 6.21. The van der Waals surface area contributed by atoms with Gasteiger partial charge in [-0.3, -0.25) is 11.3 Å². The summed E-state index contributed by atoms with van der Waals surface area (Å²) in [6, 6.07) is 4.26. The van der Waals surface area contributed by atoms with Crippen LogP contribution in [0.15, 0.2) is 12.1 Å². The van der Waals surface area contributed by atoms with Crippen LogP contribution in [0, 0.1) is 5.92 Å². The third kappa shape index (κ3) is 2.93. The molecule has 0 radical (unpaired) electrons. The number of fused-ring (bicyclic) bond motifs is 1. The Hall–Kier alpha value is -0.810. The van der Waals surface area contributed by atoms with Crippen molar-refractivity contribution >= 4 is 11.6 Å². The number of hydrogen-bond acceptors (Lipinski definition) is 4. The number of hydrazine groups is 1. The molecule has 0 spiro atoms. The molecule has 20 heavy (non-hydrogen) atoms. The van der Waals surface area contributed by atoms with Gasteiger partial charge in [0, 0.05) is 30.7 Å². The van der Waals surface area contributed by atoms with Gasteiger partial charge in [0.25, 0.3) is 0 Å². The second-order valence-electron chi connectivity index (χ2n) is 5.58. The third-order valence-corrected chi connectivity index (χ3v) is 4.53. The topological polar surface area (TPSA) is 56.5 Å². The molecule has 1 aromatic carbocycles. The average Bonchev–Trinajstić information content (AvgIpc) is 2.93. The minimum absolute atomic E-state index is 0.241. The molecule has 2 heterocycles. The van der Waals surface area contributed by atoms with Crippen molar-refractivity contribution in [2.75, 3.05) is 19.8 Å². The van der Waals surface area contributed by atoms with Gasteiger partial charge in [-0.15, -0.1) is 0 Å². The van der Waals surface area contributed by atoms with Crippen molar-refractivity contribution in [1.29, 1.82) is 0 Å². The van der Waals surface area contributed by atoms with Crippen molar-refractivity contribution in [2.45, 2.75) is 31.7 Å². The summed E-state index contributed by atoms with van der Waals surface area (Å²) >= 11 is 6.21. The lowest BCUT2D eigenvalue weighted by Crippen LogP contribution is -2.44. The maximum absolute atomic E-state index is 6.21. The first kappa shape index (κ1) is 14.1. The van der Waals surface area contributed by atoms with Gasteiger partial charge in [0.2, 0.25) is 0 Å². The molecule has 4 nitrogen and oxygen atoms in total. The van der Waals surface area contributed by atoms with Crippen LogP contribution >= 0.6 is 11.6 Å². The molecule has 1 unspecified atom stereocenters. The van der Waals surface area contributed by atoms with Crippen LogP contribution in [0.1, 0.15) is 24.0 Å². The van der Waals surface area contributed by atoms with Crippen molar-refractivity contribution < 1.29 is 9.47 Å². The fraction of sp³-hybridized carbons (Fsp3) is 0.600. The Morgan fingerprint density at radius 1 is 1.30 bits per heavy atom. The van der Waals surface area contributed by atoms with Gasteiger partial charge < -0.3 is 9.47 Å². The maximum Gasteiger partial charge on any atom is 0.125 e. The zero-order valence-corrected chi connectivity index (χ0v) is 12.3. The standard InChI is InChI=1S/C15H21ClN2O2/c16-13-7-11-3-6-20-15(11)12(8-13)9-14(18-17)10-1-4-19-5-2-10/h7-8,10,14,18H,1-6,9,17H2. The largest absolute Gasteiger partial charge is 0.493 e. The Morgan fingerprint density at radius 2 is 2.10 bits per heavy atom. The molecule has 2 aliphatic heterocycles. The molecular formula is C15H21ClN2O2. The van der Waals surface area contributed by atoms with E-state index in [1.165, 1.54) is 11.1 Å². The number of nitrogens with two attached hydrogens (primary N) is 1. The molecule has 3 rings (SSSR count). The zero-order chi connectivity index (χ0) is 13.9. The van der Waals surface area contributed by atoms with E-state index < -0.39 is 0 Å². The highest BCUT2D eigenvalue weighted by Crippen LogP contribution is 2.34. The predicted molar refractivity (Wildman–Crippen MR) is 79.0 cm³/mol. The molecule has 5 heteroatoms. The highest BCUT2D eigenvalue weighted by molar-refractivity contribution is 6.30. The molecule has 1 fully saturated rings. The van der Waals surface area contributed by atoms with Gasteiger partial charge in [0.1, 0.15) is 5.75 Å². The second-order valence-corrected chi connectivity index (χ2v) is 6.02. The van der Waals surface area contributed by atoms with Gasteiger partial charge in [-0.1, -0.05) is 11.6 Å². The Labute approximate surface area is 124 Å². The van der Waals surface area contributed by atoms with Gasteiger partial charge in [0.05, 0.1) is 6.61 Å². The van der Waals surface area contributed by atoms with Crippen molar-refractivity contribution in [3.8, 4) is 5.75 Å². The van der Waals surface area contributed by atoms with E-state index in [1.54, 1.807) is 0 Å². The van der Waals surface area contributed by atoms with E-state index in [-0.39, 0.29) is 6.04 Å². The van der Waals surface area contributed by atoms with Crippen molar-refractivity contribution in [1.82, 2.24) is 5.43 Å². The van der Waals surface area contributed by atoms with Crippen LogP contribution in [0.2, 0.25) is 5.02 Å². The molecular weight excluding hydrogens is 276 g/mol. The normalized spacial score (nSPS) is 20.5. The van der Waals surface area contributed by atoms with E-state index in [1.807, 2.05) is 12.1 Å². The van der Waals surface area contributed by atoms with Crippen molar-refractivity contribution in [2.24, 2.45) is 11.8 Å². The molecule has 0 aliphatic carbocycles. The molecule has 1 saturated heterocycles. The van der Waals surface area contributed by atoms with Crippen LogP contribution in [0.3, 0.4) is 0 Å². The van der Waals surface area contributed by atoms with E-state index in [0.29, 0.717) is 5.92 Å². The monoisotopic (exact) mass is 296 g/mol. The van der Waals surface area contributed by atoms with E-state index in [0.717, 1.165) is 56.3 Å². The summed E-state index contributed by atoms with van der Waals surface area (Å²) in [5.41, 5.74) is 5.36. The molecule has 3 N–H and O–H groups in total. The summed E-state index contributed by atoms with van der Waals surface area (Å²) in [6.07, 6.45) is 3.90. The van der Waals surface area contributed by atoms with E-state index in [2.05, 4.69) is 5.43 Å². The van der Waals surface area contributed by atoms with Gasteiger partial charge in [-0.05, 0) is 48.4 Å². The van der Waals surface area contributed by atoms with Crippen LogP contribution in [-0.4, -0.2) is 25.9 Å². The molecule has 2 aliphatic rings. The smallest absolute Gasteiger partial charge is 0.125 e. The zero-order valence-electron chi connectivity index (χ0n) is 11.5. The molecule has 1 aromatic rings. The van der Waals surface area contributed by atoms with Crippen LogP contribution in [0.5, 0.6) is 5.75 Å². The van der Waals surface area contributed by atoms with Gasteiger partial charge in [-0.25, -0.2) is 0 Å². The lowest BCUT2D eigenvalue weighted by molar-refractivity contribution is 0.0537. The molecule has 0 saturated carbocycles. The summed E-state index contributed by atoms with van der Waals surface area (Å²) < 4.78 is 11.2. The summed E-state index contributed by atoms with van der Waals surface area (Å²) in [5, 5.41) is 0.784. The van der Waals surface area contributed by atoms with Gasteiger partial charge in [0.15, 0.2) is 0 Å². The summed E-state index contributed by atoms with van der Waals surface area (Å²) in [6.45, 7) is 2.40. The Balaban J connectivity index is 1.78. The van der Waals surface area contributed by atoms with Crippen molar-refractivity contribution in [3.63, 3.8) is 0 Å². The molecule has 1 atom stereocenters. The van der Waals surface area contributed by atoms with Crippen LogP contribution in [0.25, 0.3) is 0 Å². The highest BCUT2D eigenvalue weighted by atomic mass is 35.5. The fourth-order valence-corrected chi connectivity index (χ4v) is 3.48. The minimum atomic E-state index is 0.241. The van der Waals surface area contributed by atoms with Crippen LogP contribution in [0.4, 0.5) is 0 Å². The lowest BCUT2D eigenvalue weighted by Gasteiger charge is -2.30.